The molecule has 0 fully saturated rings. The molecule has 3 aromatic rings. The standard InChI is InChI=1S/C19H19N3O2/c23-13-18-8-10-22-17(7-9-20-22)12-21(18)19(24)16-6-5-14-3-1-2-4-15(14)11-16/h1-7,9,11,18,23H,8,10,12-13H2/t18-/m1/s1. The van der Waals surface area contributed by atoms with Gasteiger partial charge in [0.05, 0.1) is 24.9 Å². The van der Waals surface area contributed by atoms with E-state index >= 15 is 0 Å². The van der Waals surface area contributed by atoms with Crippen LogP contribution in [0.1, 0.15) is 22.5 Å². The lowest BCUT2D eigenvalue weighted by Crippen LogP contribution is -2.41. The van der Waals surface area contributed by atoms with E-state index in [-0.39, 0.29) is 18.6 Å². The number of fused-ring (bicyclic) bond motifs is 2. The van der Waals surface area contributed by atoms with Crippen LogP contribution in [0.3, 0.4) is 0 Å². The molecule has 2 heterocycles. The maximum Gasteiger partial charge on any atom is 0.254 e. The van der Waals surface area contributed by atoms with Crippen molar-refractivity contribution in [3.8, 4) is 0 Å². The second-order valence-electron chi connectivity index (χ2n) is 6.17. The summed E-state index contributed by atoms with van der Waals surface area (Å²) >= 11 is 0. The van der Waals surface area contributed by atoms with Crippen molar-refractivity contribution >= 4 is 16.7 Å². The van der Waals surface area contributed by atoms with Crippen molar-refractivity contribution < 1.29 is 9.90 Å². The summed E-state index contributed by atoms with van der Waals surface area (Å²) in [5, 5.41) is 16.2. The van der Waals surface area contributed by atoms with Crippen LogP contribution in [0, 0.1) is 0 Å². The Labute approximate surface area is 140 Å². The summed E-state index contributed by atoms with van der Waals surface area (Å²) in [5.41, 5.74) is 1.65. The van der Waals surface area contributed by atoms with Gasteiger partial charge >= 0.3 is 0 Å². The number of carbonyl (C=O) groups is 1. The van der Waals surface area contributed by atoms with Gasteiger partial charge in [0.1, 0.15) is 0 Å². The lowest BCUT2D eigenvalue weighted by Gasteiger charge is -2.28. The van der Waals surface area contributed by atoms with Crippen LogP contribution in [0.2, 0.25) is 0 Å². The summed E-state index contributed by atoms with van der Waals surface area (Å²) in [5.74, 6) is -0.0468. The van der Waals surface area contributed by atoms with Crippen molar-refractivity contribution in [2.24, 2.45) is 0 Å². The molecule has 0 bridgehead atoms. The van der Waals surface area contributed by atoms with E-state index in [0.717, 1.165) is 23.0 Å². The molecular formula is C19H19N3O2. The van der Waals surface area contributed by atoms with E-state index < -0.39 is 0 Å². The number of benzene rings is 2. The summed E-state index contributed by atoms with van der Waals surface area (Å²) in [6.45, 7) is 1.15. The Kier molecular flexibility index (Phi) is 3.78. The molecule has 1 N–H and O–H groups in total. The van der Waals surface area contributed by atoms with E-state index in [4.69, 9.17) is 0 Å². The van der Waals surface area contributed by atoms with Gasteiger partial charge in [-0.3, -0.25) is 9.48 Å². The molecule has 24 heavy (non-hydrogen) atoms. The summed E-state index contributed by atoms with van der Waals surface area (Å²) in [4.78, 5) is 14.9. The quantitative estimate of drug-likeness (QED) is 0.789. The number of aromatic nitrogens is 2. The fourth-order valence-corrected chi connectivity index (χ4v) is 3.34. The number of carbonyl (C=O) groups excluding carboxylic acids is 1. The minimum atomic E-state index is -0.189. The molecular weight excluding hydrogens is 302 g/mol. The largest absolute Gasteiger partial charge is 0.394 e. The van der Waals surface area contributed by atoms with E-state index in [9.17, 15) is 9.90 Å². The Morgan fingerprint density at radius 1 is 1.17 bits per heavy atom. The third-order valence-electron chi connectivity index (χ3n) is 4.72. The molecule has 5 nitrogen and oxygen atoms in total. The predicted octanol–water partition coefficient (Wildman–Crippen LogP) is 2.44. The zero-order chi connectivity index (χ0) is 16.5. The Morgan fingerprint density at radius 3 is 2.83 bits per heavy atom. The molecule has 1 aliphatic rings. The SMILES string of the molecule is O=C(c1ccc2ccccc2c1)N1Cc2ccnn2CC[C@@H]1CO. The first kappa shape index (κ1) is 14.9. The molecule has 0 aliphatic carbocycles. The van der Waals surface area contributed by atoms with Crippen LogP contribution in [0.25, 0.3) is 10.8 Å². The Bertz CT molecular complexity index is 887. The van der Waals surface area contributed by atoms with E-state index in [2.05, 4.69) is 5.10 Å². The van der Waals surface area contributed by atoms with Crippen LogP contribution in [0.5, 0.6) is 0 Å². The first-order valence-corrected chi connectivity index (χ1v) is 8.17. The van der Waals surface area contributed by atoms with Gasteiger partial charge in [0, 0.05) is 18.3 Å². The minimum absolute atomic E-state index is 0.0375. The van der Waals surface area contributed by atoms with Crippen LogP contribution in [0.15, 0.2) is 54.7 Å². The van der Waals surface area contributed by atoms with Gasteiger partial charge in [-0.2, -0.15) is 5.10 Å². The molecule has 2 aromatic carbocycles. The van der Waals surface area contributed by atoms with Gasteiger partial charge in [-0.05, 0) is 35.4 Å². The van der Waals surface area contributed by atoms with Crippen molar-refractivity contribution in [3.05, 3.63) is 66.0 Å². The van der Waals surface area contributed by atoms with Crippen molar-refractivity contribution in [2.45, 2.75) is 25.6 Å². The minimum Gasteiger partial charge on any atom is -0.394 e. The third kappa shape index (κ3) is 2.57. The highest BCUT2D eigenvalue weighted by atomic mass is 16.3. The van der Waals surface area contributed by atoms with Gasteiger partial charge in [-0.1, -0.05) is 30.3 Å². The van der Waals surface area contributed by atoms with Gasteiger partial charge in [0.15, 0.2) is 0 Å². The van der Waals surface area contributed by atoms with Crippen LogP contribution in [-0.2, 0) is 13.1 Å². The van der Waals surface area contributed by atoms with Gasteiger partial charge < -0.3 is 10.0 Å². The molecule has 1 aliphatic heterocycles. The summed E-state index contributed by atoms with van der Waals surface area (Å²) < 4.78 is 1.91. The number of hydrogen-bond acceptors (Lipinski definition) is 3. The van der Waals surface area contributed by atoms with Crippen molar-refractivity contribution in [3.63, 3.8) is 0 Å². The zero-order valence-corrected chi connectivity index (χ0v) is 13.3. The molecule has 122 valence electrons. The number of amides is 1. The second kappa shape index (κ2) is 6.09. The predicted molar refractivity (Wildman–Crippen MR) is 91.5 cm³/mol. The zero-order valence-electron chi connectivity index (χ0n) is 13.3. The topological polar surface area (TPSA) is 58.4 Å². The molecule has 0 saturated heterocycles. The molecule has 0 spiro atoms. The number of aryl methyl sites for hydroxylation is 1. The average molecular weight is 321 g/mol. The van der Waals surface area contributed by atoms with E-state index in [1.54, 1.807) is 11.1 Å². The lowest BCUT2D eigenvalue weighted by molar-refractivity contribution is 0.0568. The van der Waals surface area contributed by atoms with Crippen molar-refractivity contribution in [2.75, 3.05) is 6.61 Å². The number of rotatable bonds is 2. The number of aliphatic hydroxyl groups excluding tert-OH is 1. The smallest absolute Gasteiger partial charge is 0.254 e. The second-order valence-corrected chi connectivity index (χ2v) is 6.17. The first-order valence-electron chi connectivity index (χ1n) is 8.17. The van der Waals surface area contributed by atoms with Gasteiger partial charge in [-0.15, -0.1) is 0 Å². The van der Waals surface area contributed by atoms with Crippen molar-refractivity contribution in [1.82, 2.24) is 14.7 Å². The summed E-state index contributed by atoms with van der Waals surface area (Å²) in [6.07, 6.45) is 2.46. The molecule has 1 amide bonds. The molecule has 0 saturated carbocycles. The number of nitrogens with zero attached hydrogens (tertiary/aromatic N) is 3. The van der Waals surface area contributed by atoms with Crippen molar-refractivity contribution in [1.29, 1.82) is 0 Å². The van der Waals surface area contributed by atoms with Gasteiger partial charge in [0.2, 0.25) is 0 Å². The van der Waals surface area contributed by atoms with Gasteiger partial charge in [-0.25, -0.2) is 0 Å². The fourth-order valence-electron chi connectivity index (χ4n) is 3.34. The normalized spacial score (nSPS) is 17.5. The number of hydrogen-bond donors (Lipinski definition) is 1. The maximum absolute atomic E-state index is 13.1. The van der Waals surface area contributed by atoms with E-state index in [0.29, 0.717) is 18.5 Å². The van der Waals surface area contributed by atoms with E-state index in [1.165, 1.54) is 0 Å². The highest BCUT2D eigenvalue weighted by molar-refractivity contribution is 5.98. The van der Waals surface area contributed by atoms with E-state index in [1.807, 2.05) is 53.2 Å². The molecule has 1 atom stereocenters. The van der Waals surface area contributed by atoms with Crippen LogP contribution in [-0.4, -0.2) is 38.3 Å². The summed E-state index contributed by atoms with van der Waals surface area (Å²) in [6, 6.07) is 15.5. The Balaban J connectivity index is 1.69. The molecule has 1 aromatic heterocycles. The molecule has 0 radical (unpaired) electrons. The molecule has 0 unspecified atom stereocenters. The molecule has 4 rings (SSSR count). The maximum atomic E-state index is 13.1. The van der Waals surface area contributed by atoms with Crippen LogP contribution < -0.4 is 0 Å². The Hall–Kier alpha value is -2.66. The van der Waals surface area contributed by atoms with Crippen LogP contribution in [0.4, 0.5) is 0 Å². The monoisotopic (exact) mass is 321 g/mol. The highest BCUT2D eigenvalue weighted by Crippen LogP contribution is 2.22. The third-order valence-corrected chi connectivity index (χ3v) is 4.72. The fraction of sp³-hybridized carbons (Fsp3) is 0.263. The van der Waals surface area contributed by atoms with Crippen LogP contribution >= 0.6 is 0 Å². The first-order chi connectivity index (χ1) is 11.8. The molecule has 5 heteroatoms. The Morgan fingerprint density at radius 2 is 2.00 bits per heavy atom. The lowest BCUT2D eigenvalue weighted by atomic mass is 10.0. The average Bonchev–Trinajstić information content (AvgIpc) is 3.00. The summed E-state index contributed by atoms with van der Waals surface area (Å²) in [7, 11) is 0. The van der Waals surface area contributed by atoms with Gasteiger partial charge in [0.25, 0.3) is 5.91 Å². The highest BCUT2D eigenvalue weighted by Gasteiger charge is 2.28. The number of aliphatic hydroxyl groups is 1.